The van der Waals surface area contributed by atoms with Gasteiger partial charge in [-0.2, -0.15) is 0 Å². The number of alkyl halides is 2. The maximum atomic E-state index is 14.7. The van der Waals surface area contributed by atoms with Gasteiger partial charge in [0.2, 0.25) is 11.8 Å². The highest BCUT2D eigenvalue weighted by atomic mass is 32.1. The third-order valence-electron chi connectivity index (χ3n) is 9.11. The molecule has 11 nitrogen and oxygen atoms in total. The molecule has 53 heavy (non-hydrogen) atoms. The van der Waals surface area contributed by atoms with Gasteiger partial charge in [-0.15, -0.1) is 11.3 Å². The summed E-state index contributed by atoms with van der Waals surface area (Å²) in [7, 11) is 3.92. The summed E-state index contributed by atoms with van der Waals surface area (Å²) < 4.78 is 41.1. The minimum absolute atomic E-state index is 0.0137. The average molecular weight is 741 g/mol. The molecule has 3 amide bonds. The van der Waals surface area contributed by atoms with E-state index < -0.39 is 24.3 Å². The van der Waals surface area contributed by atoms with Crippen molar-refractivity contribution < 1.29 is 32.6 Å². The number of benzene rings is 3. The first-order valence-corrected chi connectivity index (χ1v) is 18.1. The molecule has 1 fully saturated rings. The van der Waals surface area contributed by atoms with Crippen LogP contribution < -0.4 is 20.3 Å². The minimum Gasteiger partial charge on any atom is -0.490 e. The number of pyridine rings is 1. The van der Waals surface area contributed by atoms with Crippen molar-refractivity contribution in [2.45, 2.75) is 37.8 Å². The zero-order valence-electron chi connectivity index (χ0n) is 29.2. The molecule has 3 atom stereocenters. The second-order valence-electron chi connectivity index (χ2n) is 13.2. The lowest BCUT2D eigenvalue weighted by molar-refractivity contribution is -0.136. The van der Waals surface area contributed by atoms with Crippen LogP contribution >= 0.6 is 11.3 Å². The van der Waals surface area contributed by atoms with Crippen LogP contribution in [0.1, 0.15) is 28.8 Å². The number of nitrogens with zero attached hydrogens (tertiary/aromatic N) is 4. The molecule has 0 radical (unpaired) electrons. The Morgan fingerprint density at radius 2 is 1.72 bits per heavy atom. The molecule has 1 saturated heterocycles. The summed E-state index contributed by atoms with van der Waals surface area (Å²) in [5.41, 5.74) is 5.78. The molecule has 3 unspecified atom stereocenters. The molecule has 2 aliphatic heterocycles. The highest BCUT2D eigenvalue weighted by molar-refractivity contribution is 7.21. The Morgan fingerprint density at radius 3 is 2.47 bits per heavy atom. The zero-order chi connectivity index (χ0) is 37.1. The van der Waals surface area contributed by atoms with Crippen LogP contribution in [0.25, 0.3) is 31.9 Å². The fourth-order valence-electron chi connectivity index (χ4n) is 6.27. The Kier molecular flexibility index (Phi) is 10.6. The summed E-state index contributed by atoms with van der Waals surface area (Å²) in [5, 5.41) is 6.25. The Hall–Kier alpha value is -5.47. The van der Waals surface area contributed by atoms with E-state index in [9.17, 15) is 23.2 Å². The number of carbonyl (C=O) groups is 3. The van der Waals surface area contributed by atoms with Crippen LogP contribution in [0.3, 0.4) is 0 Å². The van der Waals surface area contributed by atoms with Crippen molar-refractivity contribution in [1.82, 2.24) is 20.2 Å². The summed E-state index contributed by atoms with van der Waals surface area (Å²) in [6, 6.07) is 22.0. The molecule has 0 spiro atoms. The molecule has 2 N–H and O–H groups in total. The van der Waals surface area contributed by atoms with Gasteiger partial charge in [-0.05, 0) is 66.1 Å². The van der Waals surface area contributed by atoms with Gasteiger partial charge < -0.3 is 24.6 Å². The number of hydrogen-bond donors (Lipinski definition) is 2. The van der Waals surface area contributed by atoms with E-state index in [1.165, 1.54) is 4.90 Å². The number of fused-ring (bicyclic) bond motifs is 2. The van der Waals surface area contributed by atoms with Gasteiger partial charge in [-0.1, -0.05) is 24.3 Å². The van der Waals surface area contributed by atoms with Crippen LogP contribution in [0.15, 0.2) is 79.0 Å². The number of imide groups is 1. The van der Waals surface area contributed by atoms with Gasteiger partial charge in [0.05, 0.1) is 23.4 Å². The molecule has 0 bridgehead atoms. The maximum Gasteiger partial charge on any atom is 0.255 e. The molecular weight excluding hydrogens is 703 g/mol. The number of ether oxygens (including phenoxy) is 2. The van der Waals surface area contributed by atoms with Crippen molar-refractivity contribution in [1.29, 1.82) is 0 Å². The van der Waals surface area contributed by atoms with Crippen LogP contribution in [0.5, 0.6) is 5.75 Å². The molecule has 7 rings (SSSR count). The number of halogens is 2. The number of aromatic nitrogens is 2. The van der Waals surface area contributed by atoms with Gasteiger partial charge >= 0.3 is 0 Å². The van der Waals surface area contributed by atoms with Crippen molar-refractivity contribution in [3.8, 4) is 27.4 Å². The molecule has 2 aliphatic rings. The molecule has 4 heterocycles. The number of thiazole rings is 1. The third kappa shape index (κ3) is 8.28. The van der Waals surface area contributed by atoms with Crippen LogP contribution in [-0.4, -0.2) is 91.4 Å². The number of amides is 3. The van der Waals surface area contributed by atoms with E-state index in [1.54, 1.807) is 29.5 Å². The lowest BCUT2D eigenvalue weighted by Crippen LogP contribution is -2.52. The van der Waals surface area contributed by atoms with Gasteiger partial charge in [-0.25, -0.2) is 18.7 Å². The van der Waals surface area contributed by atoms with Gasteiger partial charge in [0.25, 0.3) is 5.91 Å². The zero-order valence-corrected chi connectivity index (χ0v) is 30.0. The number of anilines is 2. The minimum atomic E-state index is -1.50. The number of rotatable bonds is 14. The highest BCUT2D eigenvalue weighted by Crippen LogP contribution is 2.34. The number of hydrogen-bond acceptors (Lipinski definition) is 10. The highest BCUT2D eigenvalue weighted by Gasteiger charge is 2.39. The summed E-state index contributed by atoms with van der Waals surface area (Å²) in [5.74, 6) is 0.117. The standard InChI is InChI=1S/C39H38F2N6O5S/c1-46(2)35-13-7-25(17-43-35)23-3-5-24(6-4-23)38-44-32-11-8-29(16-34(32)53-38)42-18-27(40)20-51-21-28(41)22-52-30-9-10-31-26(15-30)19-47(39(31)50)33-12-14-36(48)45-37(33)49/h3-11,13,15-17,27-28,33,42H,12,14,18-22H2,1-2H3,(H,45,48,49). The topological polar surface area (TPSA) is 126 Å². The molecule has 2 aromatic heterocycles. The van der Waals surface area contributed by atoms with E-state index in [1.807, 2.05) is 61.6 Å². The lowest BCUT2D eigenvalue weighted by Gasteiger charge is -2.29. The smallest absolute Gasteiger partial charge is 0.255 e. The largest absolute Gasteiger partial charge is 0.490 e. The SMILES string of the molecule is CN(C)c1ccc(-c2ccc(-c3nc4ccc(NCC(F)COCC(F)COc5ccc6c(c5)CN(C5CCC(=O)NC5=O)C6=O)cc4s3)cc2)cn1. The summed E-state index contributed by atoms with van der Waals surface area (Å²) in [4.78, 5) is 49.3. The molecule has 3 aromatic carbocycles. The predicted molar refractivity (Wildman–Crippen MR) is 200 cm³/mol. The maximum absolute atomic E-state index is 14.7. The lowest BCUT2D eigenvalue weighted by atomic mass is 10.0. The number of nitrogens with one attached hydrogen (secondary N) is 2. The van der Waals surface area contributed by atoms with Gasteiger partial charge in [0.15, 0.2) is 6.17 Å². The van der Waals surface area contributed by atoms with Gasteiger partial charge in [-0.3, -0.25) is 19.7 Å². The van der Waals surface area contributed by atoms with Crippen LogP contribution in [0.2, 0.25) is 0 Å². The van der Waals surface area contributed by atoms with E-state index in [0.29, 0.717) is 16.9 Å². The van der Waals surface area contributed by atoms with Crippen molar-refractivity contribution >= 4 is 50.8 Å². The molecule has 14 heteroatoms. The van der Waals surface area contributed by atoms with Crippen molar-refractivity contribution in [3.63, 3.8) is 0 Å². The van der Waals surface area contributed by atoms with Gasteiger partial charge in [0, 0.05) is 62.2 Å². The van der Waals surface area contributed by atoms with E-state index in [-0.39, 0.29) is 57.6 Å². The van der Waals surface area contributed by atoms with E-state index in [2.05, 4.69) is 33.8 Å². The van der Waals surface area contributed by atoms with Crippen molar-refractivity contribution in [2.24, 2.45) is 0 Å². The first-order valence-electron chi connectivity index (χ1n) is 17.3. The molecular formula is C39H38F2N6O5S. The molecule has 0 aliphatic carbocycles. The van der Waals surface area contributed by atoms with E-state index in [0.717, 1.165) is 43.4 Å². The van der Waals surface area contributed by atoms with Crippen molar-refractivity contribution in [2.75, 3.05) is 50.7 Å². The summed E-state index contributed by atoms with van der Waals surface area (Å²) in [6.07, 6.45) is -0.579. The van der Waals surface area contributed by atoms with Crippen molar-refractivity contribution in [3.05, 3.63) is 90.1 Å². The van der Waals surface area contributed by atoms with E-state index >= 15 is 0 Å². The monoisotopic (exact) mass is 740 g/mol. The second-order valence-corrected chi connectivity index (χ2v) is 14.3. The summed E-state index contributed by atoms with van der Waals surface area (Å²) >= 11 is 1.55. The Morgan fingerprint density at radius 1 is 0.943 bits per heavy atom. The molecule has 274 valence electrons. The fourth-order valence-corrected chi connectivity index (χ4v) is 7.28. The number of carbonyl (C=O) groups excluding carboxylic acids is 3. The van der Waals surface area contributed by atoms with Crippen LogP contribution in [0.4, 0.5) is 20.3 Å². The number of piperidine rings is 1. The van der Waals surface area contributed by atoms with Crippen LogP contribution in [-0.2, 0) is 20.9 Å². The Bertz CT molecular complexity index is 2130. The van der Waals surface area contributed by atoms with Crippen LogP contribution in [0, 0.1) is 0 Å². The average Bonchev–Trinajstić information content (AvgIpc) is 3.73. The Labute approximate surface area is 308 Å². The fraction of sp³-hybridized carbons (Fsp3) is 0.308. The molecule has 5 aromatic rings. The van der Waals surface area contributed by atoms with E-state index in [4.69, 9.17) is 14.5 Å². The first-order chi connectivity index (χ1) is 25.6. The molecule has 0 saturated carbocycles. The first kappa shape index (κ1) is 35.9. The van der Waals surface area contributed by atoms with Gasteiger partial charge in [0.1, 0.15) is 35.4 Å². The predicted octanol–water partition coefficient (Wildman–Crippen LogP) is 6.04. The normalized spacial score (nSPS) is 16.7. The Balaban J connectivity index is 0.840. The third-order valence-corrected chi connectivity index (χ3v) is 10.2. The summed E-state index contributed by atoms with van der Waals surface area (Å²) in [6.45, 7) is -0.777. The second kappa shape index (κ2) is 15.6. The quantitative estimate of drug-likeness (QED) is 0.131.